The first-order valence-corrected chi connectivity index (χ1v) is 9.95. The topological polar surface area (TPSA) is 73.9 Å². The number of amides is 1. The number of nitrogens with one attached hydrogen (secondary N) is 1. The summed E-state index contributed by atoms with van der Waals surface area (Å²) in [5.74, 6) is 0.392. The third-order valence-electron chi connectivity index (χ3n) is 4.15. The summed E-state index contributed by atoms with van der Waals surface area (Å²) in [6, 6.07) is 13.0. The highest BCUT2D eigenvalue weighted by Gasteiger charge is 2.17. The number of carbonyl (C=O) groups is 2. The van der Waals surface area contributed by atoms with Gasteiger partial charge in [-0.3, -0.25) is 4.79 Å². The molecular formula is C21H21NO5S. The van der Waals surface area contributed by atoms with Gasteiger partial charge in [0.1, 0.15) is 0 Å². The zero-order valence-electron chi connectivity index (χ0n) is 15.6. The van der Waals surface area contributed by atoms with Crippen molar-refractivity contribution in [1.29, 1.82) is 0 Å². The predicted octanol–water partition coefficient (Wildman–Crippen LogP) is 3.57. The van der Waals surface area contributed by atoms with Gasteiger partial charge in [0.25, 0.3) is 5.91 Å². The fraction of sp³-hybridized carbons (Fsp3) is 0.238. The summed E-state index contributed by atoms with van der Waals surface area (Å²) in [4.78, 5) is 25.0. The first kappa shape index (κ1) is 19.8. The Bertz CT molecular complexity index is 879. The van der Waals surface area contributed by atoms with Crippen LogP contribution in [0.25, 0.3) is 6.08 Å². The van der Waals surface area contributed by atoms with Gasteiger partial charge in [0.15, 0.2) is 18.1 Å². The van der Waals surface area contributed by atoms with E-state index in [0.717, 1.165) is 16.0 Å². The van der Waals surface area contributed by atoms with E-state index in [1.54, 1.807) is 23.9 Å². The smallest absolute Gasteiger partial charge is 0.331 e. The Morgan fingerprint density at radius 2 is 1.93 bits per heavy atom. The molecule has 0 radical (unpaired) electrons. The highest BCUT2D eigenvalue weighted by molar-refractivity contribution is 7.98. The van der Waals surface area contributed by atoms with Gasteiger partial charge in [-0.1, -0.05) is 18.2 Å². The summed E-state index contributed by atoms with van der Waals surface area (Å²) in [7, 11) is 0. The lowest BCUT2D eigenvalue weighted by atomic mass is 10.1. The maximum atomic E-state index is 12.0. The quantitative estimate of drug-likeness (QED) is 0.436. The number of fused-ring (bicyclic) bond motifs is 1. The van der Waals surface area contributed by atoms with Crippen LogP contribution in [0.5, 0.6) is 11.5 Å². The predicted molar refractivity (Wildman–Crippen MR) is 107 cm³/mol. The van der Waals surface area contributed by atoms with Crippen LogP contribution in [-0.2, 0) is 14.3 Å². The zero-order valence-corrected chi connectivity index (χ0v) is 16.5. The van der Waals surface area contributed by atoms with Crippen LogP contribution in [0.1, 0.15) is 24.1 Å². The molecule has 3 rings (SSSR count). The van der Waals surface area contributed by atoms with Gasteiger partial charge < -0.3 is 19.5 Å². The second kappa shape index (κ2) is 9.32. The van der Waals surface area contributed by atoms with Gasteiger partial charge in [-0.25, -0.2) is 4.79 Å². The van der Waals surface area contributed by atoms with Gasteiger partial charge in [0.2, 0.25) is 6.79 Å². The number of carbonyl (C=O) groups excluding carboxylic acids is 2. The Hall–Kier alpha value is -2.93. The fourth-order valence-electron chi connectivity index (χ4n) is 2.61. The van der Waals surface area contributed by atoms with Crippen molar-refractivity contribution in [1.82, 2.24) is 5.32 Å². The minimum atomic E-state index is -0.570. The van der Waals surface area contributed by atoms with Crippen molar-refractivity contribution in [2.75, 3.05) is 19.7 Å². The minimum absolute atomic E-state index is 0.199. The van der Waals surface area contributed by atoms with Crippen LogP contribution >= 0.6 is 11.8 Å². The van der Waals surface area contributed by atoms with Gasteiger partial charge in [-0.15, -0.1) is 11.8 Å². The first-order chi connectivity index (χ1) is 13.5. The average Bonchev–Trinajstić information content (AvgIpc) is 3.19. The summed E-state index contributed by atoms with van der Waals surface area (Å²) in [6.45, 7) is 1.70. The maximum absolute atomic E-state index is 12.0. The second-order valence-electron chi connectivity index (χ2n) is 6.12. The number of rotatable bonds is 7. The van der Waals surface area contributed by atoms with Gasteiger partial charge in [0.05, 0.1) is 6.04 Å². The molecule has 0 saturated heterocycles. The molecule has 0 fully saturated rings. The van der Waals surface area contributed by atoms with Gasteiger partial charge in [-0.05, 0) is 54.6 Å². The molecule has 0 aromatic heterocycles. The first-order valence-electron chi connectivity index (χ1n) is 8.73. The van der Waals surface area contributed by atoms with E-state index in [1.807, 2.05) is 49.6 Å². The van der Waals surface area contributed by atoms with E-state index in [9.17, 15) is 9.59 Å². The van der Waals surface area contributed by atoms with E-state index in [1.165, 1.54) is 6.08 Å². The molecule has 1 aliphatic rings. The molecule has 0 unspecified atom stereocenters. The van der Waals surface area contributed by atoms with Gasteiger partial charge in [-0.2, -0.15) is 0 Å². The molecule has 7 heteroatoms. The SMILES string of the molecule is CSc1ccc(/C=C/C(=O)OCC(=O)N[C@@H](C)c2ccc3c(c2)OCO3)cc1. The molecule has 2 aromatic carbocycles. The lowest BCUT2D eigenvalue weighted by Crippen LogP contribution is -2.30. The number of esters is 1. The standard InChI is InChI=1S/C21H21NO5S/c1-14(16-6-9-18-19(11-16)27-13-26-18)22-20(23)12-25-21(24)10-5-15-3-7-17(28-2)8-4-15/h3-11,14H,12-13H2,1-2H3,(H,22,23)/b10-5+/t14-/m0/s1. The summed E-state index contributed by atoms with van der Waals surface area (Å²) in [6.07, 6.45) is 4.96. The van der Waals surface area contributed by atoms with Crippen molar-refractivity contribution in [2.24, 2.45) is 0 Å². The van der Waals surface area contributed by atoms with Crippen LogP contribution in [0.15, 0.2) is 53.4 Å². The van der Waals surface area contributed by atoms with Crippen molar-refractivity contribution >= 4 is 29.7 Å². The number of hydrogen-bond acceptors (Lipinski definition) is 6. The molecule has 1 aliphatic heterocycles. The molecule has 146 valence electrons. The monoisotopic (exact) mass is 399 g/mol. The Morgan fingerprint density at radius 3 is 2.68 bits per heavy atom. The molecule has 1 heterocycles. The lowest BCUT2D eigenvalue weighted by Gasteiger charge is -2.14. The van der Waals surface area contributed by atoms with Crippen LogP contribution < -0.4 is 14.8 Å². The Labute approximate surface area is 167 Å². The summed E-state index contributed by atoms with van der Waals surface area (Å²) in [5.41, 5.74) is 1.76. The lowest BCUT2D eigenvalue weighted by molar-refractivity contribution is -0.144. The van der Waals surface area contributed by atoms with Crippen molar-refractivity contribution in [3.8, 4) is 11.5 Å². The van der Waals surface area contributed by atoms with Crippen molar-refractivity contribution in [3.63, 3.8) is 0 Å². The maximum Gasteiger partial charge on any atom is 0.331 e. The molecule has 0 spiro atoms. The average molecular weight is 399 g/mol. The normalized spacial score (nSPS) is 13.4. The number of ether oxygens (including phenoxy) is 3. The fourth-order valence-corrected chi connectivity index (χ4v) is 3.02. The van der Waals surface area contributed by atoms with E-state index in [2.05, 4.69) is 5.32 Å². The van der Waals surface area contributed by atoms with E-state index < -0.39 is 5.97 Å². The molecule has 6 nitrogen and oxygen atoms in total. The van der Waals surface area contributed by atoms with Crippen molar-refractivity contribution in [2.45, 2.75) is 17.9 Å². The second-order valence-corrected chi connectivity index (χ2v) is 7.00. The third-order valence-corrected chi connectivity index (χ3v) is 4.89. The molecule has 1 amide bonds. The zero-order chi connectivity index (χ0) is 19.9. The molecule has 1 N–H and O–H groups in total. The van der Waals surface area contributed by atoms with Crippen molar-refractivity contribution in [3.05, 3.63) is 59.7 Å². The largest absolute Gasteiger partial charge is 0.454 e. The minimum Gasteiger partial charge on any atom is -0.454 e. The van der Waals surface area contributed by atoms with E-state index in [4.69, 9.17) is 14.2 Å². The Morgan fingerprint density at radius 1 is 1.18 bits per heavy atom. The van der Waals surface area contributed by atoms with E-state index in [0.29, 0.717) is 11.5 Å². The molecule has 28 heavy (non-hydrogen) atoms. The molecule has 2 aromatic rings. The molecular weight excluding hydrogens is 378 g/mol. The summed E-state index contributed by atoms with van der Waals surface area (Å²) >= 11 is 1.65. The van der Waals surface area contributed by atoms with Gasteiger partial charge in [0, 0.05) is 11.0 Å². The number of benzene rings is 2. The Kier molecular flexibility index (Phi) is 6.60. The molecule has 0 aliphatic carbocycles. The molecule has 0 bridgehead atoms. The van der Waals surface area contributed by atoms with Crippen LogP contribution in [0.2, 0.25) is 0 Å². The highest BCUT2D eigenvalue weighted by atomic mass is 32.2. The number of thioether (sulfide) groups is 1. The summed E-state index contributed by atoms with van der Waals surface area (Å²) in [5, 5.41) is 2.79. The summed E-state index contributed by atoms with van der Waals surface area (Å²) < 4.78 is 15.6. The van der Waals surface area contributed by atoms with Crippen LogP contribution in [0.3, 0.4) is 0 Å². The van der Waals surface area contributed by atoms with E-state index in [-0.39, 0.29) is 25.3 Å². The third kappa shape index (κ3) is 5.29. The Balaban J connectivity index is 1.45. The highest BCUT2D eigenvalue weighted by Crippen LogP contribution is 2.34. The molecule has 1 atom stereocenters. The van der Waals surface area contributed by atoms with Crippen LogP contribution in [0.4, 0.5) is 0 Å². The molecule has 0 saturated carbocycles. The van der Waals surface area contributed by atoms with E-state index >= 15 is 0 Å². The number of hydrogen-bond donors (Lipinski definition) is 1. The van der Waals surface area contributed by atoms with Crippen LogP contribution in [-0.4, -0.2) is 31.5 Å². The van der Waals surface area contributed by atoms with Gasteiger partial charge >= 0.3 is 5.97 Å². The van der Waals surface area contributed by atoms with Crippen LogP contribution in [0, 0.1) is 0 Å². The van der Waals surface area contributed by atoms with Crippen molar-refractivity contribution < 1.29 is 23.8 Å².